The summed E-state index contributed by atoms with van der Waals surface area (Å²) in [5.74, 6) is 0. The van der Waals surface area contributed by atoms with Crippen molar-refractivity contribution in [1.29, 1.82) is 0 Å². The lowest BCUT2D eigenvalue weighted by Gasteiger charge is -2.32. The third-order valence-electron chi connectivity index (χ3n) is 3.89. The minimum Gasteiger partial charge on any atom is -0.398 e. The Balaban J connectivity index is 2.05. The molecule has 0 bridgehead atoms. The standard InChI is InChI=1S/C13H16BNO2S/c1-12(2)13(3,4)17-14(16-12)11-9-6-8-18-10(9)5-7-15-11/h5-8H,1-4H3. The van der Waals surface area contributed by atoms with E-state index in [4.69, 9.17) is 9.31 Å². The summed E-state index contributed by atoms with van der Waals surface area (Å²) in [6.45, 7) is 8.23. The zero-order chi connectivity index (χ0) is 13.0. The molecule has 0 saturated carbocycles. The van der Waals surface area contributed by atoms with Crippen LogP contribution in [-0.4, -0.2) is 23.3 Å². The zero-order valence-electron chi connectivity index (χ0n) is 11.1. The molecular formula is C13H16BNO2S. The Morgan fingerprint density at radius 3 is 2.44 bits per heavy atom. The molecule has 1 aliphatic heterocycles. The number of pyridine rings is 1. The molecule has 18 heavy (non-hydrogen) atoms. The van der Waals surface area contributed by atoms with Crippen molar-refractivity contribution in [2.45, 2.75) is 38.9 Å². The number of fused-ring (bicyclic) bond motifs is 1. The van der Waals surface area contributed by atoms with Crippen LogP contribution in [0, 0.1) is 0 Å². The molecule has 2 aromatic heterocycles. The second-order valence-corrected chi connectivity index (χ2v) is 6.56. The fourth-order valence-electron chi connectivity index (χ4n) is 2.06. The van der Waals surface area contributed by atoms with Crippen LogP contribution in [0.15, 0.2) is 23.7 Å². The smallest absolute Gasteiger partial charge is 0.398 e. The van der Waals surface area contributed by atoms with E-state index in [2.05, 4.69) is 44.1 Å². The largest absolute Gasteiger partial charge is 0.515 e. The van der Waals surface area contributed by atoms with E-state index in [0.29, 0.717) is 0 Å². The van der Waals surface area contributed by atoms with Crippen molar-refractivity contribution in [2.24, 2.45) is 0 Å². The van der Waals surface area contributed by atoms with E-state index < -0.39 is 0 Å². The van der Waals surface area contributed by atoms with Crippen molar-refractivity contribution >= 4 is 34.1 Å². The summed E-state index contributed by atoms with van der Waals surface area (Å²) < 4.78 is 13.3. The molecule has 0 radical (unpaired) electrons. The van der Waals surface area contributed by atoms with Gasteiger partial charge in [-0.05, 0) is 45.2 Å². The van der Waals surface area contributed by atoms with Crippen LogP contribution in [0.3, 0.4) is 0 Å². The number of rotatable bonds is 1. The first kappa shape index (κ1) is 12.1. The Labute approximate surface area is 111 Å². The second-order valence-electron chi connectivity index (χ2n) is 5.62. The van der Waals surface area contributed by atoms with Crippen LogP contribution in [0.5, 0.6) is 0 Å². The molecule has 0 spiro atoms. The topological polar surface area (TPSA) is 31.4 Å². The molecule has 1 aliphatic rings. The van der Waals surface area contributed by atoms with Crippen molar-refractivity contribution in [2.75, 3.05) is 0 Å². The molecule has 0 aromatic carbocycles. The number of thiophene rings is 1. The third-order valence-corrected chi connectivity index (χ3v) is 4.77. The highest BCUT2D eigenvalue weighted by Crippen LogP contribution is 2.36. The molecule has 2 aromatic rings. The van der Waals surface area contributed by atoms with Crippen LogP contribution in [0.25, 0.3) is 10.1 Å². The molecule has 94 valence electrons. The maximum atomic E-state index is 6.05. The van der Waals surface area contributed by atoms with Gasteiger partial charge in [0.2, 0.25) is 0 Å². The number of aromatic nitrogens is 1. The zero-order valence-corrected chi connectivity index (χ0v) is 11.9. The lowest BCUT2D eigenvalue weighted by molar-refractivity contribution is 0.00578. The van der Waals surface area contributed by atoms with Crippen molar-refractivity contribution in [3.05, 3.63) is 23.7 Å². The first-order valence-corrected chi connectivity index (χ1v) is 6.96. The molecule has 0 aliphatic carbocycles. The fraction of sp³-hybridized carbons (Fsp3) is 0.462. The van der Waals surface area contributed by atoms with Gasteiger partial charge in [0.1, 0.15) is 0 Å². The Morgan fingerprint density at radius 2 is 1.78 bits per heavy atom. The molecule has 0 unspecified atom stereocenters. The van der Waals surface area contributed by atoms with Gasteiger partial charge in [-0.15, -0.1) is 11.3 Å². The van der Waals surface area contributed by atoms with E-state index >= 15 is 0 Å². The van der Waals surface area contributed by atoms with E-state index in [1.165, 1.54) is 4.70 Å². The minimum atomic E-state index is -0.381. The highest BCUT2D eigenvalue weighted by atomic mass is 32.1. The Morgan fingerprint density at radius 1 is 1.11 bits per heavy atom. The van der Waals surface area contributed by atoms with Crippen LogP contribution in [0.4, 0.5) is 0 Å². The van der Waals surface area contributed by atoms with Gasteiger partial charge in [0, 0.05) is 16.3 Å². The van der Waals surface area contributed by atoms with E-state index in [-0.39, 0.29) is 18.3 Å². The molecule has 1 fully saturated rings. The van der Waals surface area contributed by atoms with Crippen LogP contribution in [0.2, 0.25) is 0 Å². The number of nitrogens with zero attached hydrogens (tertiary/aromatic N) is 1. The molecule has 5 heteroatoms. The highest BCUT2D eigenvalue weighted by Gasteiger charge is 2.52. The summed E-state index contributed by atoms with van der Waals surface area (Å²) in [7, 11) is -0.381. The average Bonchev–Trinajstić information content (AvgIpc) is 2.81. The molecule has 0 N–H and O–H groups in total. The van der Waals surface area contributed by atoms with Crippen LogP contribution >= 0.6 is 11.3 Å². The Bertz CT molecular complexity index is 577. The van der Waals surface area contributed by atoms with Gasteiger partial charge >= 0.3 is 7.12 Å². The molecule has 1 saturated heterocycles. The highest BCUT2D eigenvalue weighted by molar-refractivity contribution is 7.17. The van der Waals surface area contributed by atoms with Gasteiger partial charge in [0.15, 0.2) is 0 Å². The summed E-state index contributed by atoms with van der Waals surface area (Å²) in [6, 6.07) is 4.10. The van der Waals surface area contributed by atoms with E-state index in [0.717, 1.165) is 11.0 Å². The normalized spacial score (nSPS) is 21.7. The van der Waals surface area contributed by atoms with Crippen LogP contribution < -0.4 is 5.59 Å². The van der Waals surface area contributed by atoms with Gasteiger partial charge in [-0.3, -0.25) is 4.98 Å². The van der Waals surface area contributed by atoms with Crippen molar-refractivity contribution in [1.82, 2.24) is 4.98 Å². The number of hydrogen-bond acceptors (Lipinski definition) is 4. The molecular weight excluding hydrogens is 245 g/mol. The maximum absolute atomic E-state index is 6.05. The van der Waals surface area contributed by atoms with Crippen LogP contribution in [-0.2, 0) is 9.31 Å². The van der Waals surface area contributed by atoms with E-state index in [1.807, 2.05) is 12.3 Å². The second kappa shape index (κ2) is 3.79. The van der Waals surface area contributed by atoms with E-state index in [1.54, 1.807) is 11.3 Å². The summed E-state index contributed by atoms with van der Waals surface area (Å²) in [4.78, 5) is 4.45. The predicted molar refractivity (Wildman–Crippen MR) is 75.3 cm³/mol. The summed E-state index contributed by atoms with van der Waals surface area (Å²) >= 11 is 1.71. The lowest BCUT2D eigenvalue weighted by atomic mass is 9.82. The van der Waals surface area contributed by atoms with Crippen molar-refractivity contribution in [3.8, 4) is 0 Å². The van der Waals surface area contributed by atoms with Crippen LogP contribution in [0.1, 0.15) is 27.7 Å². The minimum absolute atomic E-state index is 0.322. The quantitative estimate of drug-likeness (QED) is 0.739. The van der Waals surface area contributed by atoms with Gasteiger partial charge < -0.3 is 9.31 Å². The number of hydrogen-bond donors (Lipinski definition) is 0. The molecule has 3 rings (SSSR count). The predicted octanol–water partition coefficient (Wildman–Crippen LogP) is 2.60. The van der Waals surface area contributed by atoms with Gasteiger partial charge in [0.25, 0.3) is 0 Å². The maximum Gasteiger partial charge on any atom is 0.515 e. The Hall–Kier alpha value is -0.905. The fourth-order valence-corrected chi connectivity index (χ4v) is 2.85. The summed E-state index contributed by atoms with van der Waals surface area (Å²) in [5.41, 5.74) is 0.238. The lowest BCUT2D eigenvalue weighted by Crippen LogP contribution is -2.41. The first-order chi connectivity index (χ1) is 8.41. The SMILES string of the molecule is CC1(C)OB(c2nccc3sccc23)OC1(C)C. The van der Waals surface area contributed by atoms with Gasteiger partial charge in [-0.25, -0.2) is 0 Å². The van der Waals surface area contributed by atoms with Crippen molar-refractivity contribution < 1.29 is 9.31 Å². The van der Waals surface area contributed by atoms with Crippen molar-refractivity contribution in [3.63, 3.8) is 0 Å². The Kier molecular flexibility index (Phi) is 2.56. The molecule has 3 heterocycles. The van der Waals surface area contributed by atoms with E-state index in [9.17, 15) is 0 Å². The van der Waals surface area contributed by atoms with Gasteiger partial charge in [-0.1, -0.05) is 0 Å². The van der Waals surface area contributed by atoms with Gasteiger partial charge in [0.05, 0.1) is 16.8 Å². The average molecular weight is 261 g/mol. The summed E-state index contributed by atoms with van der Waals surface area (Å²) in [6.07, 6.45) is 1.82. The third kappa shape index (κ3) is 1.69. The first-order valence-electron chi connectivity index (χ1n) is 6.08. The molecule has 3 nitrogen and oxygen atoms in total. The molecule has 0 atom stereocenters. The van der Waals surface area contributed by atoms with Gasteiger partial charge in [-0.2, -0.15) is 0 Å². The molecule has 0 amide bonds. The monoisotopic (exact) mass is 261 g/mol. The summed E-state index contributed by atoms with van der Waals surface area (Å²) in [5, 5.41) is 3.20.